The predicted molar refractivity (Wildman–Crippen MR) is 119 cm³/mol. The Kier molecular flexibility index (Phi) is 4.87. The quantitative estimate of drug-likeness (QED) is 0.490. The van der Waals surface area contributed by atoms with E-state index >= 15 is 0 Å². The number of methoxy groups -OCH3 is 2. The van der Waals surface area contributed by atoms with Crippen LogP contribution in [0.25, 0.3) is 11.1 Å². The molecule has 0 amide bonds. The highest BCUT2D eigenvalue weighted by atomic mass is 16.5. The number of aromatic nitrogens is 4. The lowest BCUT2D eigenvalue weighted by molar-refractivity contribution is 0.414. The highest BCUT2D eigenvalue weighted by Crippen LogP contribution is 2.33. The van der Waals surface area contributed by atoms with Crippen LogP contribution in [0.3, 0.4) is 0 Å². The van der Waals surface area contributed by atoms with Crippen molar-refractivity contribution in [1.82, 2.24) is 20.2 Å². The van der Waals surface area contributed by atoms with Crippen molar-refractivity contribution in [2.75, 3.05) is 24.4 Å². The summed E-state index contributed by atoms with van der Waals surface area (Å²) in [5.41, 5.74) is 5.34. The van der Waals surface area contributed by atoms with Crippen LogP contribution in [0.5, 0.6) is 11.5 Å². The van der Waals surface area contributed by atoms with Gasteiger partial charge in [-0.25, -0.2) is 4.98 Å². The molecule has 0 aliphatic carbocycles. The first-order valence-electron chi connectivity index (χ1n) is 9.91. The van der Waals surface area contributed by atoms with Crippen LogP contribution in [-0.2, 0) is 13.1 Å². The Morgan fingerprint density at radius 3 is 2.68 bits per heavy atom. The molecule has 0 saturated carbocycles. The van der Waals surface area contributed by atoms with Gasteiger partial charge in [0, 0.05) is 31.0 Å². The number of ether oxygens (including phenoxy) is 2. The summed E-state index contributed by atoms with van der Waals surface area (Å²) in [6, 6.07) is 14.0. The van der Waals surface area contributed by atoms with Gasteiger partial charge in [-0.15, -0.1) is 0 Å². The Bertz CT molecular complexity index is 1210. The Morgan fingerprint density at radius 1 is 0.968 bits per heavy atom. The molecule has 0 saturated heterocycles. The van der Waals surface area contributed by atoms with E-state index in [4.69, 9.17) is 14.5 Å². The number of anilines is 3. The zero-order valence-electron chi connectivity index (χ0n) is 17.3. The third-order valence-electron chi connectivity index (χ3n) is 5.36. The lowest BCUT2D eigenvalue weighted by Crippen LogP contribution is -2.17. The zero-order valence-corrected chi connectivity index (χ0v) is 17.3. The van der Waals surface area contributed by atoms with Crippen molar-refractivity contribution in [3.05, 3.63) is 72.2 Å². The molecule has 8 heteroatoms. The summed E-state index contributed by atoms with van der Waals surface area (Å²) in [7, 11) is 3.34. The molecule has 0 fully saturated rings. The molecule has 1 aliphatic heterocycles. The van der Waals surface area contributed by atoms with Crippen LogP contribution in [0.2, 0.25) is 0 Å². The van der Waals surface area contributed by atoms with Gasteiger partial charge < -0.3 is 19.7 Å². The fourth-order valence-electron chi connectivity index (χ4n) is 3.73. The molecule has 0 spiro atoms. The van der Waals surface area contributed by atoms with Crippen LogP contribution in [-0.4, -0.2) is 34.4 Å². The second kappa shape index (κ2) is 7.98. The second-order valence-corrected chi connectivity index (χ2v) is 7.26. The Balaban J connectivity index is 1.36. The number of nitrogens with one attached hydrogen (secondary N) is 2. The van der Waals surface area contributed by atoms with Crippen LogP contribution in [0.15, 0.2) is 61.1 Å². The fourth-order valence-corrected chi connectivity index (χ4v) is 3.73. The molecule has 2 N–H and O–H groups in total. The zero-order chi connectivity index (χ0) is 21.2. The number of rotatable bonds is 6. The van der Waals surface area contributed by atoms with Crippen LogP contribution < -0.4 is 19.7 Å². The number of hydrogen-bond acceptors (Lipinski definition) is 7. The summed E-state index contributed by atoms with van der Waals surface area (Å²) in [6.45, 7) is 1.52. The van der Waals surface area contributed by atoms with E-state index in [0.29, 0.717) is 11.8 Å². The minimum absolute atomic E-state index is 0.675. The SMILES string of the molecule is COc1ccc2c(c1)CN(c1nccc(Nc3ccc(-c4cn[nH]c4)cc3OC)n1)C2. The monoisotopic (exact) mass is 414 g/mol. The molecule has 0 radical (unpaired) electrons. The Labute approximate surface area is 179 Å². The van der Waals surface area contributed by atoms with Gasteiger partial charge in [0.15, 0.2) is 0 Å². The minimum Gasteiger partial charge on any atom is -0.497 e. The number of benzene rings is 2. The maximum atomic E-state index is 5.59. The number of nitrogens with zero attached hydrogens (tertiary/aromatic N) is 4. The van der Waals surface area contributed by atoms with Gasteiger partial charge in [-0.1, -0.05) is 12.1 Å². The van der Waals surface area contributed by atoms with E-state index in [1.54, 1.807) is 26.6 Å². The van der Waals surface area contributed by atoms with Crippen molar-refractivity contribution >= 4 is 17.5 Å². The van der Waals surface area contributed by atoms with E-state index in [1.807, 2.05) is 36.5 Å². The van der Waals surface area contributed by atoms with Crippen LogP contribution >= 0.6 is 0 Å². The van der Waals surface area contributed by atoms with E-state index in [-0.39, 0.29) is 0 Å². The molecule has 2 aromatic carbocycles. The van der Waals surface area contributed by atoms with E-state index < -0.39 is 0 Å². The second-order valence-electron chi connectivity index (χ2n) is 7.26. The van der Waals surface area contributed by atoms with Gasteiger partial charge in [-0.2, -0.15) is 10.1 Å². The standard InChI is InChI=1S/C23H22N6O2/c1-30-19-5-3-16-13-29(14-17(16)9-19)23-24-8-7-22(28-23)27-20-6-4-15(10-21(20)31-2)18-11-25-26-12-18/h3-12H,13-14H2,1-2H3,(H,25,26)(H,24,27,28). The van der Waals surface area contributed by atoms with E-state index in [9.17, 15) is 0 Å². The van der Waals surface area contributed by atoms with Gasteiger partial charge in [0.2, 0.25) is 5.95 Å². The molecule has 5 rings (SSSR count). The lowest BCUT2D eigenvalue weighted by atomic mass is 10.1. The molecule has 1 aliphatic rings. The van der Waals surface area contributed by atoms with Crippen molar-refractivity contribution in [2.45, 2.75) is 13.1 Å². The van der Waals surface area contributed by atoms with Crippen molar-refractivity contribution < 1.29 is 9.47 Å². The summed E-state index contributed by atoms with van der Waals surface area (Å²) >= 11 is 0. The number of hydrogen-bond donors (Lipinski definition) is 2. The maximum absolute atomic E-state index is 5.59. The van der Waals surface area contributed by atoms with Gasteiger partial charge in [0.1, 0.15) is 17.3 Å². The van der Waals surface area contributed by atoms with E-state index in [1.165, 1.54) is 11.1 Å². The van der Waals surface area contributed by atoms with Gasteiger partial charge in [-0.3, -0.25) is 5.10 Å². The molecule has 0 unspecified atom stereocenters. The normalized spacial score (nSPS) is 12.5. The topological polar surface area (TPSA) is 88.2 Å². The summed E-state index contributed by atoms with van der Waals surface area (Å²) in [5.74, 6) is 2.96. The average Bonchev–Trinajstić information content (AvgIpc) is 3.49. The van der Waals surface area contributed by atoms with Crippen LogP contribution in [0.1, 0.15) is 11.1 Å². The van der Waals surface area contributed by atoms with Crippen LogP contribution in [0.4, 0.5) is 17.5 Å². The average molecular weight is 414 g/mol. The molecule has 4 aromatic rings. The summed E-state index contributed by atoms with van der Waals surface area (Å²) in [6.07, 6.45) is 5.39. The van der Waals surface area contributed by atoms with Crippen molar-refractivity contribution in [3.63, 3.8) is 0 Å². The molecule has 156 valence electrons. The molecule has 8 nitrogen and oxygen atoms in total. The van der Waals surface area contributed by atoms with Gasteiger partial charge in [-0.05, 0) is 47.0 Å². The lowest BCUT2D eigenvalue weighted by Gasteiger charge is -2.17. The third-order valence-corrected chi connectivity index (χ3v) is 5.36. The van der Waals surface area contributed by atoms with Crippen molar-refractivity contribution in [1.29, 1.82) is 0 Å². The molecule has 3 heterocycles. The smallest absolute Gasteiger partial charge is 0.227 e. The first kappa shape index (κ1) is 18.9. The highest BCUT2D eigenvalue weighted by Gasteiger charge is 2.22. The predicted octanol–water partition coefficient (Wildman–Crippen LogP) is 4.15. The Morgan fingerprint density at radius 2 is 1.87 bits per heavy atom. The van der Waals surface area contributed by atoms with Crippen LogP contribution in [0, 0.1) is 0 Å². The fraction of sp³-hybridized carbons (Fsp3) is 0.174. The number of H-pyrrole nitrogens is 1. The minimum atomic E-state index is 0.675. The number of fused-ring (bicyclic) bond motifs is 1. The summed E-state index contributed by atoms with van der Waals surface area (Å²) in [4.78, 5) is 11.4. The summed E-state index contributed by atoms with van der Waals surface area (Å²) < 4.78 is 10.9. The molecule has 2 aromatic heterocycles. The third kappa shape index (κ3) is 3.75. The molecular weight excluding hydrogens is 392 g/mol. The van der Waals surface area contributed by atoms with Gasteiger partial charge >= 0.3 is 0 Å². The molecular formula is C23H22N6O2. The Hall–Kier alpha value is -4.07. The summed E-state index contributed by atoms with van der Waals surface area (Å²) in [5, 5.41) is 10.2. The van der Waals surface area contributed by atoms with E-state index in [0.717, 1.165) is 41.4 Å². The first-order valence-corrected chi connectivity index (χ1v) is 9.91. The highest BCUT2D eigenvalue weighted by molar-refractivity contribution is 5.72. The molecule has 0 bridgehead atoms. The van der Waals surface area contributed by atoms with Gasteiger partial charge in [0.25, 0.3) is 0 Å². The van der Waals surface area contributed by atoms with Gasteiger partial charge in [0.05, 0.1) is 26.1 Å². The number of aromatic amines is 1. The molecule has 31 heavy (non-hydrogen) atoms. The van der Waals surface area contributed by atoms with Crippen molar-refractivity contribution in [3.8, 4) is 22.6 Å². The van der Waals surface area contributed by atoms with Crippen molar-refractivity contribution in [2.24, 2.45) is 0 Å². The first-order chi connectivity index (χ1) is 15.2. The largest absolute Gasteiger partial charge is 0.497 e. The maximum Gasteiger partial charge on any atom is 0.227 e. The van der Waals surface area contributed by atoms with E-state index in [2.05, 4.69) is 37.5 Å². The molecule has 0 atom stereocenters.